The maximum atomic E-state index is 12.5. The van der Waals surface area contributed by atoms with Crippen LogP contribution in [0.3, 0.4) is 0 Å². The lowest BCUT2D eigenvalue weighted by Crippen LogP contribution is -2.31. The van der Waals surface area contributed by atoms with Gasteiger partial charge in [-0.15, -0.1) is 0 Å². The van der Waals surface area contributed by atoms with Gasteiger partial charge in [0.1, 0.15) is 17.3 Å². The van der Waals surface area contributed by atoms with Crippen molar-refractivity contribution >= 4 is 17.7 Å². The van der Waals surface area contributed by atoms with Crippen LogP contribution in [0.2, 0.25) is 0 Å². The average molecular weight is 393 g/mol. The number of para-hydroxylation sites is 1. The third-order valence-electron chi connectivity index (χ3n) is 4.11. The van der Waals surface area contributed by atoms with Gasteiger partial charge in [0.15, 0.2) is 6.10 Å². The molecule has 1 N–H and O–H groups in total. The molecule has 0 saturated heterocycles. The molecule has 1 heterocycles. The Morgan fingerprint density at radius 3 is 2.41 bits per heavy atom. The van der Waals surface area contributed by atoms with Crippen LogP contribution >= 0.6 is 0 Å². The maximum Gasteiger partial charge on any atom is 0.339 e. The molecule has 7 nitrogen and oxygen atoms in total. The molecule has 0 fully saturated rings. The third kappa shape index (κ3) is 5.22. The van der Waals surface area contributed by atoms with Gasteiger partial charge >= 0.3 is 5.97 Å². The van der Waals surface area contributed by atoms with Crippen LogP contribution in [-0.4, -0.2) is 27.8 Å². The summed E-state index contributed by atoms with van der Waals surface area (Å²) < 4.78 is 12.7. The molecule has 0 radical (unpaired) electrons. The topological polar surface area (TPSA) is 82.5 Å². The Morgan fingerprint density at radius 2 is 1.69 bits per heavy atom. The predicted octanol–water partition coefficient (Wildman–Crippen LogP) is 4.44. The van der Waals surface area contributed by atoms with Gasteiger partial charge in [0.25, 0.3) is 5.91 Å². The number of nitrogens with one attached hydrogen (secondary N) is 1. The second kappa shape index (κ2) is 9.05. The first-order chi connectivity index (χ1) is 13.9. The van der Waals surface area contributed by atoms with E-state index in [1.807, 2.05) is 44.2 Å². The molecule has 0 aliphatic rings. The molecule has 0 aliphatic heterocycles. The molecular formula is C22H23N3O4. The molecule has 7 heteroatoms. The van der Waals surface area contributed by atoms with Crippen LogP contribution in [0.15, 0.2) is 66.9 Å². The number of hydrogen-bond donors (Lipinski definition) is 1. The number of ether oxygens (including phenoxy) is 2. The summed E-state index contributed by atoms with van der Waals surface area (Å²) >= 11 is 0. The van der Waals surface area contributed by atoms with E-state index >= 15 is 0 Å². The van der Waals surface area contributed by atoms with E-state index in [1.165, 1.54) is 6.92 Å². The lowest BCUT2D eigenvalue weighted by Gasteiger charge is -2.16. The average Bonchev–Trinajstić information content (AvgIpc) is 3.17. The number of benzene rings is 2. The molecule has 0 unspecified atom stereocenters. The van der Waals surface area contributed by atoms with Gasteiger partial charge in [-0.25, -0.2) is 9.48 Å². The van der Waals surface area contributed by atoms with E-state index in [2.05, 4.69) is 10.4 Å². The van der Waals surface area contributed by atoms with Gasteiger partial charge in [-0.1, -0.05) is 24.3 Å². The van der Waals surface area contributed by atoms with Gasteiger partial charge in [0.05, 0.1) is 11.8 Å². The van der Waals surface area contributed by atoms with Crippen LogP contribution in [0.25, 0.3) is 0 Å². The highest BCUT2D eigenvalue weighted by atomic mass is 16.5. The first kappa shape index (κ1) is 20.1. The lowest BCUT2D eigenvalue weighted by atomic mass is 10.2. The van der Waals surface area contributed by atoms with Crippen molar-refractivity contribution in [1.82, 2.24) is 9.78 Å². The molecule has 3 rings (SSSR count). The Bertz CT molecular complexity index is 982. The standard InChI is InChI=1S/C22H23N3O4/c1-15(2)25-20(12-13-23-25)24-21(26)16(3)28-22(27)17-8-7-11-19(14-17)29-18-9-5-4-6-10-18/h4-16H,1-3H3,(H,24,26)/t16-/m1/s1. The lowest BCUT2D eigenvalue weighted by molar-refractivity contribution is -0.123. The van der Waals surface area contributed by atoms with Crippen molar-refractivity contribution in [3.8, 4) is 11.5 Å². The summed E-state index contributed by atoms with van der Waals surface area (Å²) in [5, 5.41) is 6.89. The molecule has 1 amide bonds. The van der Waals surface area contributed by atoms with Gasteiger partial charge in [0.2, 0.25) is 0 Å². The zero-order chi connectivity index (χ0) is 20.8. The van der Waals surface area contributed by atoms with Crippen LogP contribution in [0.4, 0.5) is 5.82 Å². The second-order valence-electron chi connectivity index (χ2n) is 6.73. The Hall–Kier alpha value is -3.61. The third-order valence-corrected chi connectivity index (χ3v) is 4.11. The number of amides is 1. The van der Waals surface area contributed by atoms with E-state index < -0.39 is 18.0 Å². The first-order valence-electron chi connectivity index (χ1n) is 9.32. The molecule has 0 saturated carbocycles. The largest absolute Gasteiger partial charge is 0.457 e. The fourth-order valence-corrected chi connectivity index (χ4v) is 2.65. The Kier molecular flexibility index (Phi) is 6.29. The minimum atomic E-state index is -0.975. The Balaban J connectivity index is 1.62. The molecule has 0 aliphatic carbocycles. The fraction of sp³-hybridized carbons (Fsp3) is 0.227. The number of carbonyl (C=O) groups is 2. The van der Waals surface area contributed by atoms with Gasteiger partial charge in [0, 0.05) is 12.1 Å². The van der Waals surface area contributed by atoms with Gasteiger partial charge < -0.3 is 14.8 Å². The molecule has 0 bridgehead atoms. The highest BCUT2D eigenvalue weighted by Gasteiger charge is 2.21. The second-order valence-corrected chi connectivity index (χ2v) is 6.73. The van der Waals surface area contributed by atoms with E-state index in [0.29, 0.717) is 22.9 Å². The van der Waals surface area contributed by atoms with Crippen LogP contribution < -0.4 is 10.1 Å². The van der Waals surface area contributed by atoms with E-state index in [9.17, 15) is 9.59 Å². The van der Waals surface area contributed by atoms with E-state index in [-0.39, 0.29) is 6.04 Å². The highest BCUT2D eigenvalue weighted by Crippen LogP contribution is 2.22. The maximum absolute atomic E-state index is 12.5. The smallest absolute Gasteiger partial charge is 0.339 e. The van der Waals surface area contributed by atoms with Gasteiger partial charge in [-0.3, -0.25) is 4.79 Å². The minimum Gasteiger partial charge on any atom is -0.457 e. The van der Waals surface area contributed by atoms with E-state index in [4.69, 9.17) is 9.47 Å². The van der Waals surface area contributed by atoms with Crippen LogP contribution in [-0.2, 0) is 9.53 Å². The van der Waals surface area contributed by atoms with E-state index in [0.717, 1.165) is 0 Å². The summed E-state index contributed by atoms with van der Waals surface area (Å²) in [6, 6.07) is 17.7. The number of esters is 1. The van der Waals surface area contributed by atoms with Crippen LogP contribution in [0.5, 0.6) is 11.5 Å². The predicted molar refractivity (Wildman–Crippen MR) is 109 cm³/mol. The molecule has 2 aromatic carbocycles. The van der Waals surface area contributed by atoms with Crippen molar-refractivity contribution in [1.29, 1.82) is 0 Å². The highest BCUT2D eigenvalue weighted by molar-refractivity contribution is 5.97. The summed E-state index contributed by atoms with van der Waals surface area (Å²) in [6.07, 6.45) is 0.626. The molecule has 1 aromatic heterocycles. The minimum absolute atomic E-state index is 0.0884. The summed E-state index contributed by atoms with van der Waals surface area (Å²) in [4.78, 5) is 24.9. The number of carbonyl (C=O) groups excluding carboxylic acids is 2. The summed E-state index contributed by atoms with van der Waals surface area (Å²) in [5.41, 5.74) is 0.297. The summed E-state index contributed by atoms with van der Waals surface area (Å²) in [7, 11) is 0. The van der Waals surface area contributed by atoms with Crippen LogP contribution in [0, 0.1) is 0 Å². The normalized spacial score (nSPS) is 11.7. The monoisotopic (exact) mass is 393 g/mol. The zero-order valence-corrected chi connectivity index (χ0v) is 16.5. The first-order valence-corrected chi connectivity index (χ1v) is 9.32. The molecule has 0 spiro atoms. The van der Waals surface area contributed by atoms with Crippen molar-refractivity contribution in [2.24, 2.45) is 0 Å². The Labute approximate surface area is 169 Å². The number of rotatable bonds is 7. The molecule has 150 valence electrons. The van der Waals surface area contributed by atoms with Gasteiger partial charge in [-0.2, -0.15) is 5.10 Å². The summed E-state index contributed by atoms with van der Waals surface area (Å²) in [6.45, 7) is 5.43. The van der Waals surface area contributed by atoms with Crippen LogP contribution in [0.1, 0.15) is 37.2 Å². The number of nitrogens with zero attached hydrogens (tertiary/aromatic N) is 2. The summed E-state index contributed by atoms with van der Waals surface area (Å²) in [5.74, 6) is 0.670. The van der Waals surface area contributed by atoms with Crippen molar-refractivity contribution in [2.45, 2.75) is 32.9 Å². The van der Waals surface area contributed by atoms with Crippen molar-refractivity contribution in [3.63, 3.8) is 0 Å². The Morgan fingerprint density at radius 1 is 0.966 bits per heavy atom. The molecule has 1 atom stereocenters. The number of anilines is 1. The van der Waals surface area contributed by atoms with Crippen molar-refractivity contribution in [2.75, 3.05) is 5.32 Å². The quantitative estimate of drug-likeness (QED) is 0.600. The molecular weight excluding hydrogens is 370 g/mol. The van der Waals surface area contributed by atoms with Crippen molar-refractivity contribution < 1.29 is 19.1 Å². The molecule has 29 heavy (non-hydrogen) atoms. The van der Waals surface area contributed by atoms with Crippen molar-refractivity contribution in [3.05, 3.63) is 72.4 Å². The SMILES string of the molecule is CC(C)n1nccc1NC(=O)[C@@H](C)OC(=O)c1cccc(Oc2ccccc2)c1. The fourth-order valence-electron chi connectivity index (χ4n) is 2.65. The van der Waals surface area contributed by atoms with Gasteiger partial charge in [-0.05, 0) is 51.1 Å². The van der Waals surface area contributed by atoms with E-state index in [1.54, 1.807) is 41.2 Å². The molecule has 3 aromatic rings. The zero-order valence-electron chi connectivity index (χ0n) is 16.5. The number of hydrogen-bond acceptors (Lipinski definition) is 5. The number of aromatic nitrogens is 2.